The van der Waals surface area contributed by atoms with Crippen LogP contribution in [0.5, 0.6) is 0 Å². The highest BCUT2D eigenvalue weighted by molar-refractivity contribution is 6.31. The molecule has 0 spiro atoms. The molecule has 0 aliphatic heterocycles. The number of benzene rings is 1. The highest BCUT2D eigenvalue weighted by Gasteiger charge is 2.15. The van der Waals surface area contributed by atoms with Gasteiger partial charge in [0, 0.05) is 24.2 Å². The van der Waals surface area contributed by atoms with E-state index in [0.717, 1.165) is 0 Å². The quantitative estimate of drug-likeness (QED) is 0.836. The minimum Gasteiger partial charge on any atom is -0.481 e. The first-order chi connectivity index (χ1) is 8.95. The summed E-state index contributed by atoms with van der Waals surface area (Å²) in [4.78, 5) is 22.5. The topological polar surface area (TPSA) is 75.6 Å². The molecule has 1 aromatic rings. The molecule has 0 heterocycles. The van der Waals surface area contributed by atoms with Crippen LogP contribution >= 0.6 is 11.6 Å². The number of rotatable bonds is 6. The second-order valence-electron chi connectivity index (χ2n) is 4.08. The van der Waals surface area contributed by atoms with Crippen LogP contribution in [0.15, 0.2) is 18.2 Å². The molecule has 0 aliphatic carbocycles. The van der Waals surface area contributed by atoms with Crippen LogP contribution in [0.4, 0.5) is 0 Å². The predicted molar refractivity (Wildman–Crippen MR) is 71.6 cm³/mol. The number of nitrogens with one attached hydrogen (secondary N) is 1. The lowest BCUT2D eigenvalue weighted by Crippen LogP contribution is -2.34. The maximum absolute atomic E-state index is 12.0. The average molecular weight is 286 g/mol. The third-order valence-electron chi connectivity index (χ3n) is 2.74. The summed E-state index contributed by atoms with van der Waals surface area (Å²) in [7, 11) is 1.41. The van der Waals surface area contributed by atoms with E-state index in [9.17, 15) is 9.59 Å². The number of methoxy groups -OCH3 is 1. The van der Waals surface area contributed by atoms with Crippen molar-refractivity contribution in [3.8, 4) is 0 Å². The van der Waals surface area contributed by atoms with Gasteiger partial charge < -0.3 is 15.2 Å². The number of aliphatic carboxylic acids is 1. The largest absolute Gasteiger partial charge is 0.481 e. The van der Waals surface area contributed by atoms with Gasteiger partial charge in [-0.25, -0.2) is 0 Å². The molecule has 0 aromatic heterocycles. The van der Waals surface area contributed by atoms with E-state index in [2.05, 4.69) is 5.32 Å². The molecule has 0 aliphatic rings. The molecule has 1 amide bonds. The second-order valence-corrected chi connectivity index (χ2v) is 4.49. The Bertz CT molecular complexity index is 476. The van der Waals surface area contributed by atoms with E-state index < -0.39 is 12.1 Å². The fraction of sp³-hybridized carbons (Fsp3) is 0.385. The molecule has 0 saturated heterocycles. The first-order valence-electron chi connectivity index (χ1n) is 5.73. The number of hydrogen-bond donors (Lipinski definition) is 2. The van der Waals surface area contributed by atoms with E-state index in [1.807, 2.05) is 0 Å². The van der Waals surface area contributed by atoms with Crippen molar-refractivity contribution in [1.29, 1.82) is 0 Å². The van der Waals surface area contributed by atoms with E-state index >= 15 is 0 Å². The van der Waals surface area contributed by atoms with E-state index in [4.69, 9.17) is 21.4 Å². The Hall–Kier alpha value is -1.59. The number of carboxylic acids is 1. The lowest BCUT2D eigenvalue weighted by Gasteiger charge is -2.14. The third kappa shape index (κ3) is 4.54. The molecule has 2 N–H and O–H groups in total. The number of carbonyl (C=O) groups excluding carboxylic acids is 1. The van der Waals surface area contributed by atoms with E-state index in [0.29, 0.717) is 16.1 Å². The number of hydrogen-bond acceptors (Lipinski definition) is 3. The minimum atomic E-state index is -0.972. The third-order valence-corrected chi connectivity index (χ3v) is 3.15. The van der Waals surface area contributed by atoms with Crippen LogP contribution in [0.1, 0.15) is 22.3 Å². The first-order valence-corrected chi connectivity index (χ1v) is 6.11. The Balaban J connectivity index is 2.64. The summed E-state index contributed by atoms with van der Waals surface area (Å²) in [6.07, 6.45) is -0.716. The summed E-state index contributed by atoms with van der Waals surface area (Å²) in [6.45, 7) is 1.88. The number of amides is 1. The highest BCUT2D eigenvalue weighted by atomic mass is 35.5. The number of ether oxygens (including phenoxy) is 1. The fourth-order valence-electron chi connectivity index (χ4n) is 1.59. The van der Waals surface area contributed by atoms with Gasteiger partial charge in [-0.05, 0) is 24.6 Å². The number of carboxylic acid groups (broad SMARTS) is 1. The summed E-state index contributed by atoms with van der Waals surface area (Å²) >= 11 is 5.93. The maximum Gasteiger partial charge on any atom is 0.306 e. The summed E-state index contributed by atoms with van der Waals surface area (Å²) in [5.74, 6) is -1.27. The summed E-state index contributed by atoms with van der Waals surface area (Å²) in [5.41, 5.74) is 1.16. The lowest BCUT2D eigenvalue weighted by atomic mass is 10.1. The molecule has 1 rings (SSSR count). The van der Waals surface area contributed by atoms with Crippen molar-refractivity contribution < 1.29 is 19.4 Å². The van der Waals surface area contributed by atoms with Crippen molar-refractivity contribution in [3.63, 3.8) is 0 Å². The van der Waals surface area contributed by atoms with Gasteiger partial charge in [-0.3, -0.25) is 9.59 Å². The smallest absolute Gasteiger partial charge is 0.306 e. The van der Waals surface area contributed by atoms with Gasteiger partial charge >= 0.3 is 5.97 Å². The zero-order chi connectivity index (χ0) is 14.4. The Kier molecular flexibility index (Phi) is 5.79. The van der Waals surface area contributed by atoms with Crippen molar-refractivity contribution in [2.75, 3.05) is 13.7 Å². The Morgan fingerprint density at radius 1 is 1.47 bits per heavy atom. The Labute approximate surface area is 116 Å². The van der Waals surface area contributed by atoms with Crippen molar-refractivity contribution in [3.05, 3.63) is 34.3 Å². The molecule has 5 nitrogen and oxygen atoms in total. The molecule has 19 heavy (non-hydrogen) atoms. The van der Waals surface area contributed by atoms with Crippen LogP contribution in [0.2, 0.25) is 5.02 Å². The summed E-state index contributed by atoms with van der Waals surface area (Å²) < 4.78 is 4.98. The first kappa shape index (κ1) is 15.5. The standard InChI is InChI=1S/C13H16ClNO4/c1-8-10(4-3-5-11(8)14)13(18)15-7-9(19-2)6-12(16)17/h3-5,9H,6-7H2,1-2H3,(H,15,18)(H,16,17). The van der Waals surface area contributed by atoms with Crippen LogP contribution in [0.25, 0.3) is 0 Å². The lowest BCUT2D eigenvalue weighted by molar-refractivity contribution is -0.139. The van der Waals surface area contributed by atoms with Gasteiger partial charge in [-0.1, -0.05) is 17.7 Å². The zero-order valence-electron chi connectivity index (χ0n) is 10.8. The normalized spacial score (nSPS) is 11.9. The van der Waals surface area contributed by atoms with E-state index in [1.165, 1.54) is 7.11 Å². The molecule has 6 heteroatoms. The van der Waals surface area contributed by atoms with Crippen LogP contribution in [0.3, 0.4) is 0 Å². The molecule has 0 radical (unpaired) electrons. The molecular formula is C13H16ClNO4. The van der Waals surface area contributed by atoms with Gasteiger partial charge in [0.2, 0.25) is 0 Å². The van der Waals surface area contributed by atoms with Gasteiger partial charge in [-0.15, -0.1) is 0 Å². The monoisotopic (exact) mass is 285 g/mol. The summed E-state index contributed by atoms with van der Waals surface area (Å²) in [5, 5.41) is 11.8. The predicted octanol–water partition coefficient (Wildman–Crippen LogP) is 1.87. The SMILES string of the molecule is COC(CNC(=O)c1cccc(Cl)c1C)CC(=O)O. The molecular weight excluding hydrogens is 270 g/mol. The van der Waals surface area contributed by atoms with Crippen molar-refractivity contribution in [1.82, 2.24) is 5.32 Å². The van der Waals surface area contributed by atoms with Crippen molar-refractivity contribution in [2.45, 2.75) is 19.4 Å². The van der Waals surface area contributed by atoms with Gasteiger partial charge in [0.25, 0.3) is 5.91 Å². The van der Waals surface area contributed by atoms with Crippen molar-refractivity contribution >= 4 is 23.5 Å². The average Bonchev–Trinajstić information content (AvgIpc) is 2.37. The Morgan fingerprint density at radius 2 is 2.16 bits per heavy atom. The number of carbonyl (C=O) groups is 2. The van der Waals surface area contributed by atoms with Crippen LogP contribution in [-0.2, 0) is 9.53 Å². The van der Waals surface area contributed by atoms with E-state index in [1.54, 1.807) is 25.1 Å². The highest BCUT2D eigenvalue weighted by Crippen LogP contribution is 2.18. The minimum absolute atomic E-state index is 0.133. The van der Waals surface area contributed by atoms with Gasteiger partial charge in [0.15, 0.2) is 0 Å². The molecule has 104 valence electrons. The second kappa shape index (κ2) is 7.11. The summed E-state index contributed by atoms with van der Waals surface area (Å²) in [6, 6.07) is 5.06. The van der Waals surface area contributed by atoms with Gasteiger partial charge in [0.05, 0.1) is 12.5 Å². The van der Waals surface area contributed by atoms with E-state index in [-0.39, 0.29) is 18.9 Å². The maximum atomic E-state index is 12.0. The van der Waals surface area contributed by atoms with Gasteiger partial charge in [0.1, 0.15) is 0 Å². The van der Waals surface area contributed by atoms with Crippen molar-refractivity contribution in [2.24, 2.45) is 0 Å². The number of halogens is 1. The Morgan fingerprint density at radius 3 is 2.74 bits per heavy atom. The van der Waals surface area contributed by atoms with Crippen LogP contribution < -0.4 is 5.32 Å². The molecule has 0 saturated carbocycles. The molecule has 0 fully saturated rings. The van der Waals surface area contributed by atoms with Crippen LogP contribution in [-0.4, -0.2) is 36.7 Å². The van der Waals surface area contributed by atoms with Gasteiger partial charge in [-0.2, -0.15) is 0 Å². The molecule has 1 atom stereocenters. The van der Waals surface area contributed by atoms with Crippen LogP contribution in [0, 0.1) is 6.92 Å². The fourth-order valence-corrected chi connectivity index (χ4v) is 1.76. The molecule has 0 bridgehead atoms. The molecule has 1 aromatic carbocycles. The zero-order valence-corrected chi connectivity index (χ0v) is 11.5. The molecule has 1 unspecified atom stereocenters.